The lowest BCUT2D eigenvalue weighted by Gasteiger charge is -2.26. The van der Waals surface area contributed by atoms with Crippen LogP contribution in [0.15, 0.2) is 0 Å². The second kappa shape index (κ2) is 9.15. The molecule has 0 aliphatic heterocycles. The third-order valence-electron chi connectivity index (χ3n) is 2.13. The summed E-state index contributed by atoms with van der Waals surface area (Å²) in [5.74, 6) is 0.742. The van der Waals surface area contributed by atoms with Gasteiger partial charge in [-0.25, -0.2) is 0 Å². The van der Waals surface area contributed by atoms with Gasteiger partial charge in [-0.3, -0.25) is 4.90 Å². The molecule has 0 spiro atoms. The first-order valence-electron chi connectivity index (χ1n) is 4.90. The molecule has 0 saturated heterocycles. The molecule has 16 heavy (non-hydrogen) atoms. The minimum atomic E-state index is -1.58. The Bertz CT molecular complexity index is 190. The van der Waals surface area contributed by atoms with Crippen molar-refractivity contribution in [2.24, 2.45) is 0 Å². The fourth-order valence-corrected chi connectivity index (χ4v) is 1.69. The van der Waals surface area contributed by atoms with Gasteiger partial charge in [0.05, 0.1) is 6.10 Å². The minimum absolute atomic E-state index is 0.103. The first-order valence-corrected chi connectivity index (χ1v) is 5.97. The predicted molar refractivity (Wildman–Crippen MR) is 62.0 cm³/mol. The lowest BCUT2D eigenvalue weighted by molar-refractivity contribution is -0.126. The largest absolute Gasteiger partial charge is 0.389 e. The third kappa shape index (κ3) is 5.98. The number of hydrogen-bond donors (Lipinski definition) is 3. The van der Waals surface area contributed by atoms with Crippen LogP contribution in [-0.4, -0.2) is 76.2 Å². The van der Waals surface area contributed by atoms with Crippen molar-refractivity contribution in [2.45, 2.75) is 18.3 Å². The molecule has 0 aliphatic carbocycles. The first-order chi connectivity index (χ1) is 7.56. The van der Waals surface area contributed by atoms with E-state index in [9.17, 15) is 15.0 Å². The van der Waals surface area contributed by atoms with E-state index in [1.165, 1.54) is 0 Å². The Morgan fingerprint density at radius 2 is 1.62 bits per heavy atom. The van der Waals surface area contributed by atoms with Crippen LogP contribution < -0.4 is 0 Å². The molecule has 0 aromatic carbocycles. The van der Waals surface area contributed by atoms with Gasteiger partial charge in [0.15, 0.2) is 6.29 Å². The van der Waals surface area contributed by atoms with Gasteiger partial charge in [-0.15, -0.1) is 23.2 Å². The number of alkyl halides is 2. The quantitative estimate of drug-likeness (QED) is 0.373. The number of rotatable bonds is 9. The Balaban J connectivity index is 4.15. The average molecular weight is 274 g/mol. The summed E-state index contributed by atoms with van der Waals surface area (Å²) < 4.78 is 0. The van der Waals surface area contributed by atoms with Crippen LogP contribution in [0.4, 0.5) is 0 Å². The lowest BCUT2D eigenvalue weighted by Crippen LogP contribution is -2.46. The van der Waals surface area contributed by atoms with Gasteiger partial charge in [0.1, 0.15) is 12.2 Å². The molecule has 0 aromatic rings. The van der Waals surface area contributed by atoms with Gasteiger partial charge in [0, 0.05) is 31.4 Å². The Morgan fingerprint density at radius 3 is 2.00 bits per heavy atom. The van der Waals surface area contributed by atoms with Gasteiger partial charge < -0.3 is 20.1 Å². The first kappa shape index (κ1) is 16.1. The summed E-state index contributed by atoms with van der Waals surface area (Å²) in [5.41, 5.74) is 0. The van der Waals surface area contributed by atoms with Crippen LogP contribution in [0, 0.1) is 0 Å². The molecule has 0 rings (SSSR count). The van der Waals surface area contributed by atoms with E-state index in [1.54, 1.807) is 4.90 Å². The number of aldehydes is 1. The minimum Gasteiger partial charge on any atom is -0.389 e. The van der Waals surface area contributed by atoms with Crippen molar-refractivity contribution in [3.8, 4) is 0 Å². The Kier molecular flexibility index (Phi) is 9.21. The molecular formula is C9H17Cl2NO4. The van der Waals surface area contributed by atoms with Crippen molar-refractivity contribution >= 4 is 29.5 Å². The topological polar surface area (TPSA) is 81.0 Å². The summed E-state index contributed by atoms with van der Waals surface area (Å²) in [5, 5.41) is 27.9. The molecule has 3 atom stereocenters. The second-order valence-corrected chi connectivity index (χ2v) is 4.12. The van der Waals surface area contributed by atoms with E-state index in [2.05, 4.69) is 0 Å². The highest BCUT2D eigenvalue weighted by molar-refractivity contribution is 6.18. The van der Waals surface area contributed by atoms with Crippen molar-refractivity contribution in [3.63, 3.8) is 0 Å². The van der Waals surface area contributed by atoms with E-state index in [1.807, 2.05) is 0 Å². The molecule has 0 aromatic heterocycles. The molecule has 0 fully saturated rings. The zero-order chi connectivity index (χ0) is 12.6. The van der Waals surface area contributed by atoms with Gasteiger partial charge in [-0.2, -0.15) is 0 Å². The third-order valence-corrected chi connectivity index (χ3v) is 2.47. The SMILES string of the molecule is O=C[C@H](O)[C@H](O)[C@H](O)CN(CCCl)CCCl. The Hall–Kier alpha value is 0.0900. The molecule has 96 valence electrons. The van der Waals surface area contributed by atoms with Crippen LogP contribution in [0.3, 0.4) is 0 Å². The fourth-order valence-electron chi connectivity index (χ4n) is 1.21. The fraction of sp³-hybridized carbons (Fsp3) is 0.889. The normalized spacial score (nSPS) is 17.1. The van der Waals surface area contributed by atoms with Crippen LogP contribution >= 0.6 is 23.2 Å². The van der Waals surface area contributed by atoms with Crippen LogP contribution in [-0.2, 0) is 4.79 Å². The number of carbonyl (C=O) groups is 1. The zero-order valence-electron chi connectivity index (χ0n) is 8.80. The van der Waals surface area contributed by atoms with Gasteiger partial charge in [0.2, 0.25) is 0 Å². The van der Waals surface area contributed by atoms with Crippen molar-refractivity contribution in [1.82, 2.24) is 4.90 Å². The predicted octanol–water partition coefficient (Wildman–Crippen LogP) is -0.952. The number of aliphatic hydroxyl groups excluding tert-OH is 3. The highest BCUT2D eigenvalue weighted by atomic mass is 35.5. The zero-order valence-corrected chi connectivity index (χ0v) is 10.3. The maximum absolute atomic E-state index is 10.2. The summed E-state index contributed by atoms with van der Waals surface area (Å²) in [6, 6.07) is 0. The molecule has 0 radical (unpaired) electrons. The van der Waals surface area contributed by atoms with Crippen LogP contribution in [0.25, 0.3) is 0 Å². The standard InChI is InChI=1S/C9H17Cl2NO4/c10-1-3-12(4-2-11)5-7(14)9(16)8(15)6-13/h6-9,14-16H,1-5H2/t7-,8+,9-/m1/s1. The van der Waals surface area contributed by atoms with Crippen molar-refractivity contribution in [2.75, 3.05) is 31.4 Å². The molecule has 0 heterocycles. The Labute approximate surface area is 105 Å². The highest BCUT2D eigenvalue weighted by Gasteiger charge is 2.25. The summed E-state index contributed by atoms with van der Waals surface area (Å²) in [7, 11) is 0. The molecule has 7 heteroatoms. The van der Waals surface area contributed by atoms with Crippen LogP contribution in [0.5, 0.6) is 0 Å². The number of halogens is 2. The van der Waals surface area contributed by atoms with Crippen LogP contribution in [0.2, 0.25) is 0 Å². The van der Waals surface area contributed by atoms with Crippen molar-refractivity contribution < 1.29 is 20.1 Å². The average Bonchev–Trinajstić information content (AvgIpc) is 2.27. The number of aliphatic hydroxyl groups is 3. The highest BCUT2D eigenvalue weighted by Crippen LogP contribution is 2.02. The molecular weight excluding hydrogens is 257 g/mol. The van der Waals surface area contributed by atoms with E-state index < -0.39 is 18.3 Å². The molecule has 3 N–H and O–H groups in total. The smallest absolute Gasteiger partial charge is 0.151 e. The summed E-state index contributed by atoms with van der Waals surface area (Å²) in [6.45, 7) is 1.12. The Morgan fingerprint density at radius 1 is 1.12 bits per heavy atom. The number of hydrogen-bond acceptors (Lipinski definition) is 5. The van der Waals surface area contributed by atoms with Gasteiger partial charge in [-0.1, -0.05) is 0 Å². The lowest BCUT2D eigenvalue weighted by atomic mass is 10.1. The molecule has 5 nitrogen and oxygen atoms in total. The summed E-state index contributed by atoms with van der Waals surface area (Å²) >= 11 is 11.1. The summed E-state index contributed by atoms with van der Waals surface area (Å²) in [4.78, 5) is 12.0. The molecule has 0 amide bonds. The maximum atomic E-state index is 10.2. The van der Waals surface area contributed by atoms with Crippen molar-refractivity contribution in [1.29, 1.82) is 0 Å². The molecule has 0 bridgehead atoms. The number of carbonyl (C=O) groups excluding carboxylic acids is 1. The second-order valence-electron chi connectivity index (χ2n) is 3.36. The van der Waals surface area contributed by atoms with Crippen molar-refractivity contribution in [3.05, 3.63) is 0 Å². The number of nitrogens with zero attached hydrogens (tertiary/aromatic N) is 1. The van der Waals surface area contributed by atoms with Crippen LogP contribution in [0.1, 0.15) is 0 Å². The van der Waals surface area contributed by atoms with E-state index in [0.29, 0.717) is 24.8 Å². The van der Waals surface area contributed by atoms with Gasteiger partial charge in [0.25, 0.3) is 0 Å². The molecule has 0 saturated carbocycles. The monoisotopic (exact) mass is 273 g/mol. The van der Waals surface area contributed by atoms with E-state index in [4.69, 9.17) is 28.3 Å². The van der Waals surface area contributed by atoms with Gasteiger partial charge in [-0.05, 0) is 0 Å². The van der Waals surface area contributed by atoms with Gasteiger partial charge >= 0.3 is 0 Å². The molecule has 0 unspecified atom stereocenters. The summed E-state index contributed by atoms with van der Waals surface area (Å²) in [6.07, 6.45) is -4.11. The maximum Gasteiger partial charge on any atom is 0.151 e. The molecule has 0 aliphatic rings. The van der Waals surface area contributed by atoms with E-state index in [0.717, 1.165) is 0 Å². The van der Waals surface area contributed by atoms with E-state index >= 15 is 0 Å². The van der Waals surface area contributed by atoms with E-state index in [-0.39, 0.29) is 12.8 Å².